The van der Waals surface area contributed by atoms with Crippen LogP contribution >= 0.6 is 0 Å². The Balaban J connectivity index is 2.16. The Labute approximate surface area is 142 Å². The molecule has 0 saturated carbocycles. The lowest BCUT2D eigenvalue weighted by atomic mass is 10.1. The molecule has 0 aliphatic heterocycles. The molecular weight excluding hydrogens is 298 g/mol. The third-order valence-electron chi connectivity index (χ3n) is 4.59. The van der Waals surface area contributed by atoms with Crippen LogP contribution in [0.2, 0.25) is 0 Å². The van der Waals surface area contributed by atoms with E-state index in [2.05, 4.69) is 23.6 Å². The summed E-state index contributed by atoms with van der Waals surface area (Å²) in [6.45, 7) is 5.23. The molecular formula is C20H25N3O. The van der Waals surface area contributed by atoms with Crippen molar-refractivity contribution in [1.82, 2.24) is 9.55 Å². The quantitative estimate of drug-likeness (QED) is 0.535. The molecule has 24 heavy (non-hydrogen) atoms. The molecule has 0 saturated heterocycles. The Morgan fingerprint density at radius 3 is 2.62 bits per heavy atom. The molecule has 0 atom stereocenters. The maximum atomic E-state index is 8.92. The Morgan fingerprint density at radius 2 is 1.83 bits per heavy atom. The zero-order valence-corrected chi connectivity index (χ0v) is 14.5. The van der Waals surface area contributed by atoms with E-state index in [0.717, 1.165) is 65.4 Å². The molecule has 0 aliphatic carbocycles. The zero-order valence-electron chi connectivity index (χ0n) is 14.5. The highest BCUT2D eigenvalue weighted by atomic mass is 16.2. The van der Waals surface area contributed by atoms with Crippen LogP contribution in [0.1, 0.15) is 36.9 Å². The number of aliphatic hydroxyl groups is 1. The molecule has 0 unspecified atom stereocenters. The molecule has 2 heterocycles. The van der Waals surface area contributed by atoms with Gasteiger partial charge in [-0.3, -0.25) is 5.41 Å². The maximum absolute atomic E-state index is 8.92. The van der Waals surface area contributed by atoms with E-state index in [1.165, 1.54) is 0 Å². The number of rotatable bonds is 6. The smallest absolute Gasteiger partial charge is 0.143 e. The number of pyridine rings is 2. The largest absolute Gasteiger partial charge is 0.396 e. The van der Waals surface area contributed by atoms with E-state index in [1.807, 2.05) is 25.1 Å². The summed E-state index contributed by atoms with van der Waals surface area (Å²) < 4.78 is 2.27. The third kappa shape index (κ3) is 3.06. The lowest BCUT2D eigenvalue weighted by Gasteiger charge is -2.17. The van der Waals surface area contributed by atoms with Crippen LogP contribution < -0.4 is 5.36 Å². The van der Waals surface area contributed by atoms with Gasteiger partial charge in [0.2, 0.25) is 0 Å². The molecule has 0 spiro atoms. The summed E-state index contributed by atoms with van der Waals surface area (Å²) in [5, 5.41) is 20.1. The summed E-state index contributed by atoms with van der Waals surface area (Å²) in [6.07, 6.45) is 4.07. The number of hydrogen-bond donors (Lipinski definition) is 2. The van der Waals surface area contributed by atoms with Gasteiger partial charge in [-0.25, -0.2) is 4.98 Å². The second-order valence-electron chi connectivity index (χ2n) is 6.46. The maximum Gasteiger partial charge on any atom is 0.143 e. The van der Waals surface area contributed by atoms with E-state index in [1.54, 1.807) is 0 Å². The van der Waals surface area contributed by atoms with Gasteiger partial charge < -0.3 is 9.67 Å². The van der Waals surface area contributed by atoms with Crippen LogP contribution in [0.3, 0.4) is 0 Å². The first kappa shape index (κ1) is 16.7. The molecule has 4 nitrogen and oxygen atoms in total. The van der Waals surface area contributed by atoms with Gasteiger partial charge in [-0.2, -0.15) is 0 Å². The van der Waals surface area contributed by atoms with Crippen LogP contribution in [-0.2, 0) is 6.54 Å². The van der Waals surface area contributed by atoms with Crippen LogP contribution in [0, 0.1) is 19.3 Å². The number of aliphatic hydroxyl groups excluding tert-OH is 1. The average Bonchev–Trinajstić information content (AvgIpc) is 2.56. The number of nitrogens with zero attached hydrogens (tertiary/aromatic N) is 2. The molecule has 3 rings (SSSR count). The van der Waals surface area contributed by atoms with Crippen LogP contribution in [0.15, 0.2) is 30.3 Å². The standard InChI is InChI=1S/C20H25N3O/c1-14-13-15(2)22-20-18(14)19(21)16-9-5-6-10-17(16)23(20)11-7-3-4-8-12-24/h5-6,9-10,13,21,24H,3-4,7-8,11-12H2,1-2H3. The van der Waals surface area contributed by atoms with Gasteiger partial charge in [-0.05, 0) is 44.4 Å². The summed E-state index contributed by atoms with van der Waals surface area (Å²) >= 11 is 0. The molecule has 0 radical (unpaired) electrons. The van der Waals surface area contributed by atoms with Crippen molar-refractivity contribution >= 4 is 21.9 Å². The summed E-state index contributed by atoms with van der Waals surface area (Å²) in [7, 11) is 0. The summed E-state index contributed by atoms with van der Waals surface area (Å²) in [6, 6.07) is 10.2. The predicted octanol–water partition coefficient (Wildman–Crippen LogP) is 3.84. The Bertz CT molecular complexity index is 927. The Kier molecular flexibility index (Phi) is 4.95. The summed E-state index contributed by atoms with van der Waals surface area (Å²) in [4.78, 5) is 4.77. The molecule has 0 bridgehead atoms. The SMILES string of the molecule is Cc1cc(C)c2c(=N)c3ccccc3n(CCCCCCO)c2n1. The van der Waals surface area contributed by atoms with Crippen molar-refractivity contribution in [3.8, 4) is 0 Å². The monoisotopic (exact) mass is 323 g/mol. The van der Waals surface area contributed by atoms with Crippen molar-refractivity contribution in [2.75, 3.05) is 6.61 Å². The van der Waals surface area contributed by atoms with E-state index >= 15 is 0 Å². The van der Waals surface area contributed by atoms with E-state index in [-0.39, 0.29) is 6.61 Å². The number of benzene rings is 1. The number of aryl methyl sites for hydroxylation is 3. The van der Waals surface area contributed by atoms with Gasteiger partial charge in [0.05, 0.1) is 10.9 Å². The van der Waals surface area contributed by atoms with Crippen LogP contribution in [0.4, 0.5) is 0 Å². The van der Waals surface area contributed by atoms with Gasteiger partial charge >= 0.3 is 0 Å². The first-order valence-electron chi connectivity index (χ1n) is 8.68. The molecule has 2 N–H and O–H groups in total. The van der Waals surface area contributed by atoms with Gasteiger partial charge in [0.25, 0.3) is 0 Å². The molecule has 2 aromatic heterocycles. The zero-order chi connectivity index (χ0) is 17.1. The highest BCUT2D eigenvalue weighted by Crippen LogP contribution is 2.21. The van der Waals surface area contributed by atoms with E-state index < -0.39 is 0 Å². The van der Waals surface area contributed by atoms with Crippen molar-refractivity contribution in [1.29, 1.82) is 5.41 Å². The number of hydrogen-bond acceptors (Lipinski definition) is 3. The molecule has 1 aromatic carbocycles. The van der Waals surface area contributed by atoms with Crippen molar-refractivity contribution < 1.29 is 5.11 Å². The molecule has 4 heteroatoms. The minimum atomic E-state index is 0.270. The van der Waals surface area contributed by atoms with Gasteiger partial charge in [-0.15, -0.1) is 0 Å². The van der Waals surface area contributed by atoms with Crippen molar-refractivity contribution in [3.63, 3.8) is 0 Å². The lowest BCUT2D eigenvalue weighted by Crippen LogP contribution is -2.14. The highest BCUT2D eigenvalue weighted by molar-refractivity contribution is 5.92. The minimum Gasteiger partial charge on any atom is -0.396 e. The second kappa shape index (κ2) is 7.14. The fourth-order valence-electron chi connectivity index (χ4n) is 3.45. The highest BCUT2D eigenvalue weighted by Gasteiger charge is 2.12. The van der Waals surface area contributed by atoms with E-state index in [0.29, 0.717) is 5.36 Å². The van der Waals surface area contributed by atoms with E-state index in [4.69, 9.17) is 15.5 Å². The normalized spacial score (nSPS) is 11.5. The predicted molar refractivity (Wildman–Crippen MR) is 98.1 cm³/mol. The van der Waals surface area contributed by atoms with E-state index in [9.17, 15) is 0 Å². The fraction of sp³-hybridized carbons (Fsp3) is 0.400. The number of aromatic nitrogens is 2. The van der Waals surface area contributed by atoms with Gasteiger partial charge in [0, 0.05) is 29.6 Å². The number of nitrogens with one attached hydrogen (secondary N) is 1. The molecule has 126 valence electrons. The Hall–Kier alpha value is -2.20. The molecule has 0 amide bonds. The van der Waals surface area contributed by atoms with Gasteiger partial charge in [0.1, 0.15) is 5.65 Å². The van der Waals surface area contributed by atoms with Crippen LogP contribution in [0.25, 0.3) is 21.9 Å². The van der Waals surface area contributed by atoms with Crippen LogP contribution in [-0.4, -0.2) is 21.3 Å². The first-order chi connectivity index (χ1) is 11.6. The number of para-hydroxylation sites is 1. The summed E-state index contributed by atoms with van der Waals surface area (Å²) in [5.41, 5.74) is 4.10. The molecule has 0 aliphatic rings. The minimum absolute atomic E-state index is 0.270. The molecule has 3 aromatic rings. The first-order valence-corrected chi connectivity index (χ1v) is 8.68. The lowest BCUT2D eigenvalue weighted by molar-refractivity contribution is 0.282. The second-order valence-corrected chi connectivity index (χ2v) is 6.46. The molecule has 0 fully saturated rings. The number of unbranched alkanes of at least 4 members (excludes halogenated alkanes) is 3. The van der Waals surface area contributed by atoms with Crippen LogP contribution in [0.5, 0.6) is 0 Å². The van der Waals surface area contributed by atoms with Gasteiger partial charge in [0.15, 0.2) is 0 Å². The Morgan fingerprint density at radius 1 is 1.08 bits per heavy atom. The van der Waals surface area contributed by atoms with Crippen molar-refractivity contribution in [3.05, 3.63) is 46.9 Å². The topological polar surface area (TPSA) is 61.9 Å². The number of fused-ring (bicyclic) bond motifs is 2. The van der Waals surface area contributed by atoms with Gasteiger partial charge in [-0.1, -0.05) is 31.0 Å². The average molecular weight is 323 g/mol. The summed E-state index contributed by atoms with van der Waals surface area (Å²) in [5.74, 6) is 0. The third-order valence-corrected chi connectivity index (χ3v) is 4.59. The fourth-order valence-corrected chi connectivity index (χ4v) is 3.45. The van der Waals surface area contributed by atoms with Crippen molar-refractivity contribution in [2.24, 2.45) is 0 Å². The van der Waals surface area contributed by atoms with Crippen molar-refractivity contribution in [2.45, 2.75) is 46.1 Å².